The molecule has 4 saturated carbocycles. The van der Waals surface area contributed by atoms with Gasteiger partial charge in [-0.25, -0.2) is 0 Å². The minimum atomic E-state index is 0.0689. The van der Waals surface area contributed by atoms with E-state index >= 15 is 0 Å². The quantitative estimate of drug-likeness (QED) is 0.861. The molecule has 3 nitrogen and oxygen atoms in total. The number of hydrogen-bond donors (Lipinski definition) is 1. The van der Waals surface area contributed by atoms with Crippen LogP contribution in [0.2, 0.25) is 0 Å². The van der Waals surface area contributed by atoms with Crippen LogP contribution in [0, 0.1) is 17.8 Å². The lowest BCUT2D eigenvalue weighted by atomic mass is 9.53. The topological polar surface area (TPSA) is 38.3 Å². The van der Waals surface area contributed by atoms with Gasteiger partial charge >= 0.3 is 0 Å². The van der Waals surface area contributed by atoms with E-state index in [1.165, 1.54) is 38.5 Å². The van der Waals surface area contributed by atoms with Crippen LogP contribution < -0.4 is 10.1 Å². The predicted molar refractivity (Wildman–Crippen MR) is 95.2 cm³/mol. The molecule has 1 aromatic rings. The van der Waals surface area contributed by atoms with Crippen molar-refractivity contribution in [2.45, 2.75) is 70.4 Å². The van der Waals surface area contributed by atoms with Gasteiger partial charge in [0.25, 0.3) is 5.91 Å². The Kier molecular flexibility index (Phi) is 4.06. The van der Waals surface area contributed by atoms with Crippen molar-refractivity contribution in [1.82, 2.24) is 5.32 Å². The fraction of sp³-hybridized carbons (Fsp3) is 0.667. The molecule has 0 unspecified atom stereocenters. The van der Waals surface area contributed by atoms with Crippen molar-refractivity contribution in [3.05, 3.63) is 29.8 Å². The molecule has 0 heterocycles. The van der Waals surface area contributed by atoms with Crippen molar-refractivity contribution in [3.8, 4) is 5.75 Å². The Morgan fingerprint density at radius 1 is 1.21 bits per heavy atom. The Balaban J connectivity index is 1.47. The Morgan fingerprint density at radius 2 is 1.83 bits per heavy atom. The summed E-state index contributed by atoms with van der Waals surface area (Å²) in [7, 11) is 0. The monoisotopic (exact) mass is 327 g/mol. The molecular weight excluding hydrogens is 298 g/mol. The lowest BCUT2D eigenvalue weighted by Crippen LogP contribution is -2.59. The Labute approximate surface area is 145 Å². The average molecular weight is 327 g/mol. The third kappa shape index (κ3) is 3.05. The standard InChI is InChI=1S/C21H29NO2/c1-3-14(2)24-19-6-4-5-18(10-19)20(23)22-21-11-15-7-16(12-21)9-17(8-15)13-21/h4-6,10,14-17H,3,7-9,11-13H2,1-2H3,(H,22,23)/t14-,15?,16?,17?,21?/m1/s1. The first kappa shape index (κ1) is 16.0. The SMILES string of the molecule is CC[C@@H](C)Oc1cccc(C(=O)NC23CC4CC(CC(C4)C2)C3)c1. The maximum Gasteiger partial charge on any atom is 0.251 e. The third-order valence-corrected chi connectivity index (χ3v) is 6.43. The molecule has 1 atom stereocenters. The second-order valence-electron chi connectivity index (χ2n) is 8.52. The zero-order valence-electron chi connectivity index (χ0n) is 14.9. The van der Waals surface area contributed by atoms with Crippen LogP contribution in [-0.4, -0.2) is 17.6 Å². The predicted octanol–water partition coefficient (Wildman–Crippen LogP) is 4.56. The van der Waals surface area contributed by atoms with Crippen LogP contribution in [0.25, 0.3) is 0 Å². The molecule has 0 radical (unpaired) electrons. The number of carbonyl (C=O) groups excluding carboxylic acids is 1. The van der Waals surface area contributed by atoms with Crippen LogP contribution in [0.1, 0.15) is 69.2 Å². The Morgan fingerprint density at radius 3 is 2.42 bits per heavy atom. The van der Waals surface area contributed by atoms with Gasteiger partial charge in [0.05, 0.1) is 6.10 Å². The van der Waals surface area contributed by atoms with E-state index in [9.17, 15) is 4.79 Å². The van der Waals surface area contributed by atoms with Gasteiger partial charge in [0.15, 0.2) is 0 Å². The molecule has 0 spiro atoms. The molecule has 1 N–H and O–H groups in total. The molecule has 5 rings (SSSR count). The first-order valence-electron chi connectivity index (χ1n) is 9.64. The number of carbonyl (C=O) groups is 1. The number of rotatable bonds is 5. The van der Waals surface area contributed by atoms with E-state index < -0.39 is 0 Å². The lowest BCUT2D eigenvalue weighted by Gasteiger charge is -2.56. The lowest BCUT2D eigenvalue weighted by molar-refractivity contribution is -0.0167. The van der Waals surface area contributed by atoms with E-state index in [1.54, 1.807) is 0 Å². The van der Waals surface area contributed by atoms with Gasteiger partial charge in [-0.15, -0.1) is 0 Å². The molecule has 0 saturated heterocycles. The van der Waals surface area contributed by atoms with Gasteiger partial charge in [-0.2, -0.15) is 0 Å². The molecular formula is C21H29NO2. The maximum atomic E-state index is 12.9. The van der Waals surface area contributed by atoms with Crippen LogP contribution in [0.5, 0.6) is 5.75 Å². The number of ether oxygens (including phenoxy) is 1. The zero-order valence-corrected chi connectivity index (χ0v) is 14.9. The normalized spacial score (nSPS) is 34.8. The van der Waals surface area contributed by atoms with Crippen molar-refractivity contribution in [2.24, 2.45) is 17.8 Å². The second kappa shape index (κ2) is 6.09. The highest BCUT2D eigenvalue weighted by atomic mass is 16.5. The molecule has 0 aliphatic heterocycles. The molecule has 1 aromatic carbocycles. The van der Waals surface area contributed by atoms with Crippen LogP contribution in [0.15, 0.2) is 24.3 Å². The van der Waals surface area contributed by atoms with Crippen molar-refractivity contribution < 1.29 is 9.53 Å². The van der Waals surface area contributed by atoms with Crippen LogP contribution in [0.4, 0.5) is 0 Å². The Bertz CT molecular complexity index is 589. The van der Waals surface area contributed by atoms with Crippen molar-refractivity contribution in [1.29, 1.82) is 0 Å². The molecule has 0 aromatic heterocycles. The minimum Gasteiger partial charge on any atom is -0.491 e. The van der Waals surface area contributed by atoms with E-state index in [2.05, 4.69) is 19.2 Å². The van der Waals surface area contributed by atoms with E-state index in [-0.39, 0.29) is 17.6 Å². The van der Waals surface area contributed by atoms with E-state index in [1.807, 2.05) is 24.3 Å². The minimum absolute atomic E-state index is 0.0689. The van der Waals surface area contributed by atoms with Gasteiger partial charge in [-0.05, 0) is 87.8 Å². The van der Waals surface area contributed by atoms with E-state index in [4.69, 9.17) is 4.74 Å². The number of hydrogen-bond acceptors (Lipinski definition) is 2. The summed E-state index contributed by atoms with van der Waals surface area (Å²) in [5.41, 5.74) is 0.797. The summed E-state index contributed by atoms with van der Waals surface area (Å²) in [6, 6.07) is 7.65. The zero-order chi connectivity index (χ0) is 16.7. The second-order valence-corrected chi connectivity index (χ2v) is 8.52. The van der Waals surface area contributed by atoms with Crippen LogP contribution in [-0.2, 0) is 0 Å². The summed E-state index contributed by atoms with van der Waals surface area (Å²) in [6.45, 7) is 4.16. The van der Waals surface area contributed by atoms with Gasteiger partial charge in [0.2, 0.25) is 0 Å². The molecule has 1 amide bonds. The highest BCUT2D eigenvalue weighted by Gasteiger charge is 2.51. The molecule has 4 aliphatic rings. The molecule has 4 fully saturated rings. The summed E-state index contributed by atoms with van der Waals surface area (Å²) in [5, 5.41) is 3.44. The van der Waals surface area contributed by atoms with Crippen molar-refractivity contribution in [3.63, 3.8) is 0 Å². The molecule has 4 aliphatic carbocycles. The average Bonchev–Trinajstić information content (AvgIpc) is 2.53. The maximum absolute atomic E-state index is 12.9. The van der Waals surface area contributed by atoms with Gasteiger partial charge in [-0.3, -0.25) is 4.79 Å². The van der Waals surface area contributed by atoms with Crippen LogP contribution in [0.3, 0.4) is 0 Å². The first-order chi connectivity index (χ1) is 11.5. The molecule has 4 bridgehead atoms. The highest BCUT2D eigenvalue weighted by molar-refractivity contribution is 5.95. The van der Waals surface area contributed by atoms with Crippen molar-refractivity contribution in [2.75, 3.05) is 0 Å². The van der Waals surface area contributed by atoms with Crippen molar-refractivity contribution >= 4 is 5.91 Å². The summed E-state index contributed by atoms with van der Waals surface area (Å²) in [5.74, 6) is 3.40. The van der Waals surface area contributed by atoms with Gasteiger partial charge in [-0.1, -0.05) is 13.0 Å². The molecule has 3 heteroatoms. The molecule has 24 heavy (non-hydrogen) atoms. The van der Waals surface area contributed by atoms with E-state index in [0.29, 0.717) is 0 Å². The van der Waals surface area contributed by atoms with Gasteiger partial charge in [0.1, 0.15) is 5.75 Å². The molecule has 130 valence electrons. The third-order valence-electron chi connectivity index (χ3n) is 6.43. The summed E-state index contributed by atoms with van der Waals surface area (Å²) in [6.07, 6.45) is 8.89. The Hall–Kier alpha value is -1.51. The van der Waals surface area contributed by atoms with E-state index in [0.717, 1.165) is 35.5 Å². The summed E-state index contributed by atoms with van der Waals surface area (Å²) in [4.78, 5) is 12.9. The van der Waals surface area contributed by atoms with Gasteiger partial charge in [0, 0.05) is 11.1 Å². The summed E-state index contributed by atoms with van der Waals surface area (Å²) < 4.78 is 5.87. The summed E-state index contributed by atoms with van der Waals surface area (Å²) >= 11 is 0. The smallest absolute Gasteiger partial charge is 0.251 e. The fourth-order valence-corrected chi connectivity index (χ4v) is 5.60. The number of benzene rings is 1. The highest BCUT2D eigenvalue weighted by Crippen LogP contribution is 2.55. The largest absolute Gasteiger partial charge is 0.491 e. The van der Waals surface area contributed by atoms with Crippen LogP contribution >= 0.6 is 0 Å². The number of nitrogens with one attached hydrogen (secondary N) is 1. The fourth-order valence-electron chi connectivity index (χ4n) is 5.60. The van der Waals surface area contributed by atoms with Gasteiger partial charge < -0.3 is 10.1 Å². The number of amides is 1. The first-order valence-corrected chi connectivity index (χ1v) is 9.64.